The van der Waals surface area contributed by atoms with Crippen molar-refractivity contribution < 1.29 is 33.7 Å². The topological polar surface area (TPSA) is 100 Å². The summed E-state index contributed by atoms with van der Waals surface area (Å²) >= 11 is 3.47. The number of carbonyl (C=O) groups is 1. The van der Waals surface area contributed by atoms with Crippen LogP contribution in [0.3, 0.4) is 0 Å². The second-order valence-corrected chi connectivity index (χ2v) is 12.2. The third-order valence-electron chi connectivity index (χ3n) is 6.55. The van der Waals surface area contributed by atoms with E-state index in [0.717, 1.165) is 30.2 Å². The Labute approximate surface area is 222 Å². The minimum Gasteiger partial charge on any atom is -0.494 e. The molecule has 0 spiro atoms. The fraction of sp³-hybridized carbons (Fsp3) is 0.500. The molecule has 0 aromatic heterocycles. The molecule has 2 heterocycles. The van der Waals surface area contributed by atoms with E-state index in [4.69, 9.17) is 19.0 Å². The molecule has 8 nitrogen and oxygen atoms in total. The molecule has 1 atom stereocenters. The Bertz CT molecular complexity index is 1120. The fourth-order valence-electron chi connectivity index (χ4n) is 4.43. The Morgan fingerprint density at radius 2 is 1.89 bits per heavy atom. The predicted octanol–water partition coefficient (Wildman–Crippen LogP) is 4.60. The molecule has 2 aromatic rings. The molecule has 2 aliphatic heterocycles. The maximum absolute atomic E-state index is 13.7. The number of nitrogens with one attached hydrogen (secondary N) is 1. The number of sulfone groups is 1. The van der Waals surface area contributed by atoms with E-state index >= 15 is 0 Å². The summed E-state index contributed by atoms with van der Waals surface area (Å²) in [7, 11) is -4.03. The zero-order valence-electron chi connectivity index (χ0n) is 20.1. The zero-order valence-corrected chi connectivity index (χ0v) is 22.5. The maximum atomic E-state index is 13.7. The zero-order chi connectivity index (χ0) is 25.4. The van der Waals surface area contributed by atoms with Crippen LogP contribution in [0.25, 0.3) is 0 Å². The van der Waals surface area contributed by atoms with Gasteiger partial charge in [0.1, 0.15) is 5.75 Å². The fourth-order valence-corrected chi connectivity index (χ4v) is 6.82. The van der Waals surface area contributed by atoms with E-state index in [0.29, 0.717) is 25.4 Å². The summed E-state index contributed by atoms with van der Waals surface area (Å²) < 4.78 is 43.5. The van der Waals surface area contributed by atoms with Gasteiger partial charge in [-0.3, -0.25) is 4.79 Å². The molecule has 4 rings (SSSR count). The molecule has 2 saturated heterocycles. The number of halogens is 1. The molecule has 2 fully saturated rings. The van der Waals surface area contributed by atoms with Gasteiger partial charge in [-0.2, -0.15) is 0 Å². The highest BCUT2D eigenvalue weighted by molar-refractivity contribution is 9.10. The molecule has 1 amide bonds. The highest BCUT2D eigenvalue weighted by Gasteiger charge is 2.52. The molecule has 198 valence electrons. The number of benzene rings is 2. The van der Waals surface area contributed by atoms with E-state index in [9.17, 15) is 13.2 Å². The number of hydroxylamine groups is 1. The van der Waals surface area contributed by atoms with Crippen LogP contribution in [0.2, 0.25) is 0 Å². The number of hydrogen-bond donors (Lipinski definition) is 1. The van der Waals surface area contributed by atoms with Crippen molar-refractivity contribution in [3.05, 3.63) is 58.6 Å². The van der Waals surface area contributed by atoms with Gasteiger partial charge in [-0.25, -0.2) is 18.7 Å². The lowest BCUT2D eigenvalue weighted by Crippen LogP contribution is -2.56. The molecule has 0 aliphatic carbocycles. The molecule has 36 heavy (non-hydrogen) atoms. The van der Waals surface area contributed by atoms with Crippen LogP contribution in [-0.2, 0) is 35.4 Å². The second-order valence-electron chi connectivity index (χ2n) is 9.01. The lowest BCUT2D eigenvalue weighted by atomic mass is 9.98. The normalized spacial score (nSPS) is 20.0. The molecule has 0 bridgehead atoms. The first-order chi connectivity index (χ1) is 17.4. The van der Waals surface area contributed by atoms with Gasteiger partial charge in [-0.1, -0.05) is 28.1 Å². The average molecular weight is 585 g/mol. The molecular formula is C26H34BrNO7S. The van der Waals surface area contributed by atoms with Gasteiger partial charge in [0.05, 0.1) is 11.5 Å². The van der Waals surface area contributed by atoms with Crippen molar-refractivity contribution in [3.8, 4) is 5.75 Å². The van der Waals surface area contributed by atoms with Gasteiger partial charge in [0.2, 0.25) is 0 Å². The van der Waals surface area contributed by atoms with Crippen LogP contribution in [0.1, 0.15) is 45.5 Å². The van der Waals surface area contributed by atoms with Gasteiger partial charge in [-0.15, -0.1) is 0 Å². The van der Waals surface area contributed by atoms with Crippen LogP contribution < -0.4 is 10.2 Å². The first-order valence-corrected chi connectivity index (χ1v) is 14.6. The van der Waals surface area contributed by atoms with Crippen LogP contribution in [0, 0.1) is 0 Å². The summed E-state index contributed by atoms with van der Waals surface area (Å²) in [5.74, 6) is -0.112. The van der Waals surface area contributed by atoms with Gasteiger partial charge in [0.25, 0.3) is 5.91 Å². The van der Waals surface area contributed by atoms with Crippen molar-refractivity contribution in [1.82, 2.24) is 5.48 Å². The van der Waals surface area contributed by atoms with Crippen molar-refractivity contribution in [2.75, 3.05) is 26.4 Å². The van der Waals surface area contributed by atoms with Crippen molar-refractivity contribution in [1.29, 1.82) is 0 Å². The van der Waals surface area contributed by atoms with Crippen molar-refractivity contribution in [2.24, 2.45) is 0 Å². The Morgan fingerprint density at radius 3 is 2.58 bits per heavy atom. The molecule has 0 radical (unpaired) electrons. The SMILES string of the molecule is O=C(NOC1CCCCO1)C1(S(=O)(=O)c2ccc(OCCCc3cccc(Br)c3)cc2)CCOCC1.[HH]. The summed E-state index contributed by atoms with van der Waals surface area (Å²) in [5, 5.41) is 0. The summed E-state index contributed by atoms with van der Waals surface area (Å²) in [6.45, 7) is 1.40. The molecule has 2 aromatic carbocycles. The van der Waals surface area contributed by atoms with E-state index in [1.807, 2.05) is 12.1 Å². The van der Waals surface area contributed by atoms with E-state index in [1.54, 1.807) is 12.1 Å². The molecule has 1 N–H and O–H groups in total. The largest absolute Gasteiger partial charge is 0.494 e. The number of rotatable bonds is 10. The van der Waals surface area contributed by atoms with Crippen LogP contribution in [-0.4, -0.2) is 51.8 Å². The minimum atomic E-state index is -4.03. The van der Waals surface area contributed by atoms with Gasteiger partial charge < -0.3 is 14.2 Å². The van der Waals surface area contributed by atoms with E-state index in [2.05, 4.69) is 33.5 Å². The smallest absolute Gasteiger partial charge is 0.265 e. The van der Waals surface area contributed by atoms with Crippen molar-refractivity contribution >= 4 is 31.7 Å². The third-order valence-corrected chi connectivity index (χ3v) is 9.56. The minimum absolute atomic E-state index is 0. The van der Waals surface area contributed by atoms with E-state index in [1.165, 1.54) is 17.7 Å². The van der Waals surface area contributed by atoms with E-state index in [-0.39, 0.29) is 32.4 Å². The lowest BCUT2D eigenvalue weighted by molar-refractivity contribution is -0.202. The van der Waals surface area contributed by atoms with Crippen LogP contribution in [0.5, 0.6) is 5.75 Å². The van der Waals surface area contributed by atoms with E-state index < -0.39 is 26.8 Å². The monoisotopic (exact) mass is 583 g/mol. The second kappa shape index (κ2) is 12.5. The first-order valence-electron chi connectivity index (χ1n) is 12.3. The van der Waals surface area contributed by atoms with Crippen molar-refractivity contribution in [2.45, 2.75) is 60.9 Å². The maximum Gasteiger partial charge on any atom is 0.265 e. The average Bonchev–Trinajstić information content (AvgIpc) is 2.91. The Morgan fingerprint density at radius 1 is 1.11 bits per heavy atom. The number of aryl methyl sites for hydroxylation is 1. The summed E-state index contributed by atoms with van der Waals surface area (Å²) in [6.07, 6.45) is 3.73. The standard InChI is InChI=1S/C26H32BrNO7S.H2/c27-21-7-3-5-20(19-21)6-4-16-33-22-9-11-23(12-10-22)36(30,31)26(13-17-32-18-14-26)25(29)28-35-24-8-1-2-15-34-24;/h3,5,7,9-12,19,24H,1-2,4,6,8,13-18H2,(H,28,29);1H. The summed E-state index contributed by atoms with van der Waals surface area (Å²) in [4.78, 5) is 18.7. The van der Waals surface area contributed by atoms with Gasteiger partial charge in [-0.05, 0) is 80.5 Å². The lowest BCUT2D eigenvalue weighted by Gasteiger charge is -2.35. The number of ether oxygens (including phenoxy) is 3. The molecule has 0 saturated carbocycles. The van der Waals surface area contributed by atoms with Gasteiger partial charge in [0.15, 0.2) is 20.9 Å². The highest BCUT2D eigenvalue weighted by atomic mass is 79.9. The Kier molecular flexibility index (Phi) is 9.41. The van der Waals surface area contributed by atoms with Crippen LogP contribution in [0.4, 0.5) is 0 Å². The first kappa shape index (κ1) is 27.1. The number of amides is 1. The summed E-state index contributed by atoms with van der Waals surface area (Å²) in [5.41, 5.74) is 3.59. The number of hydrogen-bond acceptors (Lipinski definition) is 7. The molecular weight excluding hydrogens is 550 g/mol. The van der Waals surface area contributed by atoms with Gasteiger partial charge in [0, 0.05) is 32.1 Å². The van der Waals surface area contributed by atoms with Crippen molar-refractivity contribution in [3.63, 3.8) is 0 Å². The van der Waals surface area contributed by atoms with Gasteiger partial charge >= 0.3 is 0 Å². The molecule has 1 unspecified atom stereocenters. The highest BCUT2D eigenvalue weighted by Crippen LogP contribution is 2.36. The Balaban J connectivity index is 0.00000380. The number of carbonyl (C=O) groups excluding carboxylic acids is 1. The predicted molar refractivity (Wildman–Crippen MR) is 139 cm³/mol. The summed E-state index contributed by atoms with van der Waals surface area (Å²) in [6, 6.07) is 14.4. The van der Waals surface area contributed by atoms with Crippen LogP contribution in [0.15, 0.2) is 57.9 Å². The Hall–Kier alpha value is -1.98. The quantitative estimate of drug-likeness (QED) is 0.322. The molecule has 2 aliphatic rings. The van der Waals surface area contributed by atoms with Crippen LogP contribution >= 0.6 is 15.9 Å². The molecule has 10 heteroatoms. The third kappa shape index (κ3) is 6.47.